The number of aliphatic hydroxyl groups excluding tert-OH is 1. The molecule has 97 heavy (non-hydrogen) atoms. The van der Waals surface area contributed by atoms with Crippen molar-refractivity contribution in [3.63, 3.8) is 0 Å². The van der Waals surface area contributed by atoms with E-state index in [1.807, 2.05) is 185 Å². The number of cyclic esters (lactones) is 3. The molecule has 3 aliphatic heterocycles. The number of nitrogens with zero attached hydrogens (tertiary/aromatic N) is 4. The molecule has 3 heterocycles. The van der Waals surface area contributed by atoms with Crippen LogP contribution in [0, 0.1) is 0 Å². The summed E-state index contributed by atoms with van der Waals surface area (Å²) >= 11 is 10.3. The second-order valence-corrected chi connectivity index (χ2v) is 31.1. The van der Waals surface area contributed by atoms with Gasteiger partial charge in [0.05, 0.1) is 37.2 Å². The Morgan fingerprint density at radius 3 is 1.09 bits per heavy atom. The minimum Gasteiger partial charge on any atom is -1.00 e. The van der Waals surface area contributed by atoms with Crippen molar-refractivity contribution in [3.05, 3.63) is 211 Å². The molecule has 19 nitrogen and oxygen atoms in total. The smallest absolute Gasteiger partial charge is 1.00 e. The second-order valence-electron chi connectivity index (χ2n) is 23.7. The summed E-state index contributed by atoms with van der Waals surface area (Å²) in [5.74, 6) is 0.0453. The Labute approximate surface area is 626 Å². The quantitative estimate of drug-likeness (QED) is 0.0224. The van der Waals surface area contributed by atoms with Gasteiger partial charge in [0.15, 0.2) is 0 Å². The number of ether oxygens (including phenoxy) is 3. The Balaban J connectivity index is 0.000000354. The molecule has 5 amide bonds. The van der Waals surface area contributed by atoms with E-state index in [-0.39, 0.29) is 92.4 Å². The number of aliphatic hydroxyl groups is 1. The van der Waals surface area contributed by atoms with Gasteiger partial charge in [-0.3, -0.25) is 13.8 Å². The first-order valence-electron chi connectivity index (χ1n) is 31.5. The van der Waals surface area contributed by atoms with E-state index in [2.05, 4.69) is 63.8 Å². The predicted octanol–water partition coefficient (Wildman–Crippen LogP) is 12.6. The summed E-state index contributed by atoms with van der Waals surface area (Å²) < 4.78 is 67.4. The normalized spacial score (nSPS) is 19.2. The van der Waals surface area contributed by atoms with Gasteiger partial charge in [-0.15, -0.1) is 0 Å². The van der Waals surface area contributed by atoms with E-state index < -0.39 is 36.0 Å². The first kappa shape index (κ1) is 84.0. The van der Waals surface area contributed by atoms with E-state index in [1.165, 1.54) is 6.92 Å². The molecule has 0 saturated carbocycles. The van der Waals surface area contributed by atoms with Crippen LogP contribution >= 0.6 is 58.5 Å². The summed E-state index contributed by atoms with van der Waals surface area (Å²) in [7, 11) is 1.21. The van der Waals surface area contributed by atoms with E-state index in [0.717, 1.165) is 65.7 Å². The van der Waals surface area contributed by atoms with Crippen LogP contribution in [0.3, 0.4) is 0 Å². The molecule has 0 bridgehead atoms. The zero-order chi connectivity index (χ0) is 70.9. The fourth-order valence-electron chi connectivity index (χ4n) is 11.3. The van der Waals surface area contributed by atoms with Gasteiger partial charge < -0.3 is 45.7 Å². The first-order chi connectivity index (χ1) is 45.3. The maximum absolute atomic E-state index is 13.1. The molecule has 3 aliphatic rings. The van der Waals surface area contributed by atoms with Crippen molar-refractivity contribution < 1.29 is 95.3 Å². The maximum atomic E-state index is 13.1. The number of benzene rings is 6. The van der Waals surface area contributed by atoms with Crippen molar-refractivity contribution in [3.8, 4) is 0 Å². The van der Waals surface area contributed by atoms with Gasteiger partial charge in [0.25, 0.3) is 10.1 Å². The van der Waals surface area contributed by atoms with Crippen LogP contribution in [0.25, 0.3) is 0 Å². The molecular formula is C71H90Br3ClN5NaO14S2. The summed E-state index contributed by atoms with van der Waals surface area (Å²) in [5, 5.41) is 11.7. The zero-order valence-electron chi connectivity index (χ0n) is 57.8. The topological polar surface area (TPSA) is 236 Å². The number of hydrogen-bond donors (Lipinski definition) is 2. The van der Waals surface area contributed by atoms with Crippen LogP contribution in [-0.2, 0) is 64.0 Å². The van der Waals surface area contributed by atoms with Crippen molar-refractivity contribution >= 4 is 108 Å². The third kappa shape index (κ3) is 26.9. The molecule has 2 N–H and O–H groups in total. The van der Waals surface area contributed by atoms with Gasteiger partial charge in [-0.2, -0.15) is 8.42 Å². The molecule has 0 aliphatic carbocycles. The predicted molar refractivity (Wildman–Crippen MR) is 386 cm³/mol. The van der Waals surface area contributed by atoms with E-state index in [0.29, 0.717) is 77.5 Å². The average Bonchev–Trinajstić information content (AvgIpc) is 0.791. The fourth-order valence-corrected chi connectivity index (χ4v) is 12.5. The average molecular weight is 1600 g/mol. The Bertz CT molecular complexity index is 3680. The Morgan fingerprint density at radius 1 is 0.567 bits per heavy atom. The van der Waals surface area contributed by atoms with E-state index in [1.54, 1.807) is 40.6 Å². The van der Waals surface area contributed by atoms with Gasteiger partial charge in [0.2, 0.25) is 20.9 Å². The molecular weight excluding hydrogens is 1510 g/mol. The van der Waals surface area contributed by atoms with Gasteiger partial charge in [-0.25, -0.2) is 22.8 Å². The van der Waals surface area contributed by atoms with Crippen molar-refractivity contribution in [1.29, 1.82) is 0 Å². The Hall–Kier alpha value is -5.38. The Kier molecular flexibility index (Phi) is 34.8. The molecule has 3 saturated heterocycles. The second kappa shape index (κ2) is 40.2. The van der Waals surface area contributed by atoms with E-state index in [9.17, 15) is 45.9 Å². The minimum absolute atomic E-state index is 0. The van der Waals surface area contributed by atoms with Crippen LogP contribution in [0.2, 0.25) is 0 Å². The third-order valence-corrected chi connectivity index (χ3v) is 19.1. The summed E-state index contributed by atoms with van der Waals surface area (Å²) in [6, 6.07) is 53.1. The molecule has 6 aromatic rings. The molecule has 0 radical (unpaired) electrons. The summed E-state index contributed by atoms with van der Waals surface area (Å²) in [4.78, 5) is 67.2. The van der Waals surface area contributed by atoms with Crippen LogP contribution in [-0.4, -0.2) is 138 Å². The van der Waals surface area contributed by atoms with Gasteiger partial charge in [-0.05, 0) is 129 Å². The zero-order valence-corrected chi connectivity index (χ0v) is 65.9. The third-order valence-electron chi connectivity index (χ3n) is 16.9. The summed E-state index contributed by atoms with van der Waals surface area (Å²) in [6.07, 6.45) is 6.65. The van der Waals surface area contributed by atoms with Gasteiger partial charge >= 0.3 is 47.8 Å². The number of halogens is 4. The van der Waals surface area contributed by atoms with Gasteiger partial charge in [0.1, 0.15) is 16.8 Å². The molecule has 6 atom stereocenters. The van der Waals surface area contributed by atoms with Gasteiger partial charge in [-0.1, -0.05) is 175 Å². The molecule has 0 unspecified atom stereocenters. The van der Waals surface area contributed by atoms with Crippen LogP contribution in [0.5, 0.6) is 0 Å². The number of carbonyl (C=O) groups is 5. The summed E-state index contributed by atoms with van der Waals surface area (Å²) in [5.41, 5.74) is 3.99. The molecule has 0 spiro atoms. The summed E-state index contributed by atoms with van der Waals surface area (Å²) in [6.45, 7) is 11.6. The number of hydrogen-bond acceptors (Lipinski definition) is 14. The van der Waals surface area contributed by atoms with Crippen molar-refractivity contribution in [1.82, 2.24) is 24.9 Å². The maximum Gasteiger partial charge on any atom is 1.00 e. The number of amides is 5. The molecule has 3 fully saturated rings. The molecule has 6 aromatic carbocycles. The fraction of sp³-hybridized carbons (Fsp3) is 0.423. The molecule has 26 heteroatoms. The number of rotatable bonds is 21. The largest absolute Gasteiger partial charge is 1.00 e. The van der Waals surface area contributed by atoms with Crippen LogP contribution in [0.15, 0.2) is 177 Å². The molecule has 9 rings (SSSR count). The van der Waals surface area contributed by atoms with E-state index >= 15 is 0 Å². The minimum atomic E-state index is -3.50. The van der Waals surface area contributed by atoms with Crippen molar-refractivity contribution in [2.45, 2.75) is 127 Å². The van der Waals surface area contributed by atoms with Crippen LogP contribution in [0.1, 0.15) is 145 Å². The number of nitrogens with one attached hydrogen (secondary N) is 1. The molecule has 524 valence electrons. The monoisotopic (exact) mass is 1600 g/mol. The number of carbonyl (C=O) groups excluding carboxylic acids is 5. The first-order valence-corrected chi connectivity index (χ1v) is 38.4. The van der Waals surface area contributed by atoms with Crippen molar-refractivity contribution in [2.75, 3.05) is 66.0 Å². The van der Waals surface area contributed by atoms with Crippen molar-refractivity contribution in [2.24, 2.45) is 0 Å². The van der Waals surface area contributed by atoms with Crippen LogP contribution < -0.4 is 34.9 Å². The van der Waals surface area contributed by atoms with E-state index in [4.69, 9.17) is 18.4 Å². The van der Waals surface area contributed by atoms with Crippen LogP contribution in [0.4, 0.5) is 14.4 Å². The van der Waals surface area contributed by atoms with Gasteiger partial charge in [0, 0.05) is 104 Å². The standard InChI is InChI=1S/C24H29BrN2O3.C22H26BrNO5S.C21H24BrNO3.C3H7NO.CH3ClO2S.Na.H/c1-18(20-10-12-22(25)13-11-20)27-17-15-24(30-23(27)29,21-8-5-4-6-9-21)14-7-16-26(3)19(2)28;1-17(18-9-11-20(23)12-10-18)24-15-14-22(29-21(24)25,19-7-4-3-5-8-19)13-6-16-28-30(2,26)27;1-16(17-8-10-19(22)11-9-17)23-14-13-21(12-5-15-24,26-20(23)25)18-6-3-2-4-7-18;1-3(5)4-2;1-5(2,3)4;;/h4-6,8-13,18H,7,14-17H2,1-3H3;3-5,7-12,17H,6,13-16H2,1-2H3;2-4,6-11,16,24H,5,12-15H2,1H3;1-2H3,(H,4,5);1H3;;/q;;;;;+1;-1/t18-,24+;17-,22+;16-,21+;;;;/m000..../s1. The molecule has 0 aromatic heterocycles. The SMILES string of the molecule is CC(=O)N(C)CCC[C@]1(c2ccccc2)CCN([C@@H](C)c2ccc(Br)cc2)C(=O)O1.CNC(C)=O.CS(=O)(=O)Cl.C[C@@H](c1ccc(Br)cc1)N1CC[C@](CCCO)(c2ccccc2)OC1=O.C[C@@H](c1ccc(Br)cc1)N1CC[C@](CCCOS(C)(=O)=O)(c2ccccc2)OC1=O.[H-].[Na+]. The Morgan fingerprint density at radius 2 is 0.845 bits per heavy atom.